The lowest BCUT2D eigenvalue weighted by Crippen LogP contribution is -2.45. The van der Waals surface area contributed by atoms with Gasteiger partial charge in [0.2, 0.25) is 6.10 Å². The van der Waals surface area contributed by atoms with Gasteiger partial charge in [-0.15, -0.1) is 0 Å². The normalized spacial score (nSPS) is 18.2. The Morgan fingerprint density at radius 2 is 1.97 bits per heavy atom. The van der Waals surface area contributed by atoms with Crippen molar-refractivity contribution in [2.75, 3.05) is 56.2 Å². The molecule has 0 aliphatic carbocycles. The Hall–Kier alpha value is -3.07. The maximum Gasteiger partial charge on any atom is 0.264 e. The molecule has 2 aromatic rings. The Labute approximate surface area is 169 Å². The molecular formula is C20H25N5O4. The minimum Gasteiger partial charge on any atom is -0.485 e. The first-order valence-corrected chi connectivity index (χ1v) is 9.77. The molecule has 9 nitrogen and oxygen atoms in total. The summed E-state index contributed by atoms with van der Waals surface area (Å²) >= 11 is 0. The van der Waals surface area contributed by atoms with Crippen LogP contribution in [0, 0.1) is 6.92 Å². The number of morpholine rings is 1. The summed E-state index contributed by atoms with van der Waals surface area (Å²) in [7, 11) is 0. The quantitative estimate of drug-likeness (QED) is 0.694. The number of benzene rings is 1. The second-order valence-corrected chi connectivity index (χ2v) is 6.84. The molecule has 1 aromatic carbocycles. The Morgan fingerprint density at radius 3 is 2.79 bits per heavy atom. The zero-order valence-corrected chi connectivity index (χ0v) is 16.4. The fourth-order valence-corrected chi connectivity index (χ4v) is 3.24. The van der Waals surface area contributed by atoms with Gasteiger partial charge in [-0.25, -0.2) is 9.97 Å². The van der Waals surface area contributed by atoms with Crippen molar-refractivity contribution in [3.8, 4) is 11.5 Å². The van der Waals surface area contributed by atoms with Crippen LogP contribution in [0.15, 0.2) is 30.3 Å². The van der Waals surface area contributed by atoms with E-state index in [2.05, 4.69) is 25.5 Å². The van der Waals surface area contributed by atoms with Crippen molar-refractivity contribution in [3.63, 3.8) is 0 Å². The van der Waals surface area contributed by atoms with Crippen molar-refractivity contribution < 1.29 is 19.0 Å². The number of carbonyl (C=O) groups is 1. The monoisotopic (exact) mass is 399 g/mol. The summed E-state index contributed by atoms with van der Waals surface area (Å²) in [5, 5.41) is 6.11. The van der Waals surface area contributed by atoms with E-state index >= 15 is 0 Å². The molecule has 0 spiro atoms. The van der Waals surface area contributed by atoms with Crippen LogP contribution in [0.1, 0.15) is 5.82 Å². The molecule has 2 aliphatic rings. The number of hydrogen-bond acceptors (Lipinski definition) is 8. The minimum absolute atomic E-state index is 0.199. The Bertz CT molecular complexity index is 857. The van der Waals surface area contributed by atoms with E-state index in [1.807, 2.05) is 31.2 Å². The van der Waals surface area contributed by atoms with Crippen molar-refractivity contribution in [1.29, 1.82) is 0 Å². The lowest BCUT2D eigenvalue weighted by Gasteiger charge is -2.28. The largest absolute Gasteiger partial charge is 0.485 e. The molecule has 1 amide bonds. The van der Waals surface area contributed by atoms with E-state index < -0.39 is 6.10 Å². The smallest absolute Gasteiger partial charge is 0.264 e. The Kier molecular flexibility index (Phi) is 5.95. The number of anilines is 2. The lowest BCUT2D eigenvalue weighted by molar-refractivity contribution is -0.130. The van der Waals surface area contributed by atoms with Crippen LogP contribution in [-0.4, -0.2) is 68.0 Å². The molecule has 1 saturated heterocycles. The molecule has 0 radical (unpaired) electrons. The molecule has 2 N–H and O–H groups in total. The standard InChI is InChI=1S/C20H25N5O4/c1-14-23-18(12-19(24-14)25-8-10-27-11-9-25)21-6-7-22-20(26)17-13-28-15-4-2-3-5-16(15)29-17/h2-5,12,17H,6-11,13H2,1H3,(H,22,26)(H,21,23,24). The maximum atomic E-state index is 12.3. The van der Waals surface area contributed by atoms with Gasteiger partial charge in [0.15, 0.2) is 11.5 Å². The molecule has 9 heteroatoms. The van der Waals surface area contributed by atoms with Gasteiger partial charge in [0.05, 0.1) is 13.2 Å². The lowest BCUT2D eigenvalue weighted by atomic mass is 10.2. The van der Waals surface area contributed by atoms with Gasteiger partial charge < -0.3 is 29.7 Å². The fraction of sp³-hybridized carbons (Fsp3) is 0.450. The molecule has 1 atom stereocenters. The number of para-hydroxylation sites is 2. The summed E-state index contributed by atoms with van der Waals surface area (Å²) in [5.74, 6) is 3.37. The molecule has 3 heterocycles. The number of nitrogens with one attached hydrogen (secondary N) is 2. The average Bonchev–Trinajstić information content (AvgIpc) is 2.76. The summed E-state index contributed by atoms with van der Waals surface area (Å²) < 4.78 is 16.7. The Balaban J connectivity index is 1.25. The third-order valence-corrected chi connectivity index (χ3v) is 4.69. The van der Waals surface area contributed by atoms with Crippen LogP contribution in [-0.2, 0) is 9.53 Å². The number of aryl methyl sites for hydroxylation is 1. The highest BCUT2D eigenvalue weighted by Crippen LogP contribution is 2.30. The molecule has 1 fully saturated rings. The topological polar surface area (TPSA) is 97.8 Å². The van der Waals surface area contributed by atoms with Crippen LogP contribution in [0.25, 0.3) is 0 Å². The molecular weight excluding hydrogens is 374 g/mol. The zero-order chi connectivity index (χ0) is 20.1. The molecule has 2 aliphatic heterocycles. The van der Waals surface area contributed by atoms with Crippen molar-refractivity contribution in [3.05, 3.63) is 36.2 Å². The van der Waals surface area contributed by atoms with Gasteiger partial charge in [0, 0.05) is 32.2 Å². The highest BCUT2D eigenvalue weighted by atomic mass is 16.6. The second-order valence-electron chi connectivity index (χ2n) is 6.84. The van der Waals surface area contributed by atoms with Crippen LogP contribution in [0.4, 0.5) is 11.6 Å². The second kappa shape index (κ2) is 8.95. The van der Waals surface area contributed by atoms with Crippen LogP contribution >= 0.6 is 0 Å². The van der Waals surface area contributed by atoms with E-state index in [0.717, 1.165) is 24.7 Å². The number of fused-ring (bicyclic) bond motifs is 1. The van der Waals surface area contributed by atoms with Crippen molar-refractivity contribution >= 4 is 17.5 Å². The van der Waals surface area contributed by atoms with E-state index in [1.54, 1.807) is 6.07 Å². The van der Waals surface area contributed by atoms with Crippen LogP contribution < -0.4 is 25.0 Å². The van der Waals surface area contributed by atoms with E-state index in [-0.39, 0.29) is 12.5 Å². The number of hydrogen-bond donors (Lipinski definition) is 2. The summed E-state index contributed by atoms with van der Waals surface area (Å²) in [6.45, 7) is 6.09. The zero-order valence-electron chi connectivity index (χ0n) is 16.4. The number of carbonyl (C=O) groups excluding carboxylic acids is 1. The van der Waals surface area contributed by atoms with Crippen LogP contribution in [0.3, 0.4) is 0 Å². The van der Waals surface area contributed by atoms with Crippen molar-refractivity contribution in [2.24, 2.45) is 0 Å². The molecule has 1 unspecified atom stereocenters. The van der Waals surface area contributed by atoms with Crippen molar-refractivity contribution in [1.82, 2.24) is 15.3 Å². The molecule has 29 heavy (non-hydrogen) atoms. The number of aromatic nitrogens is 2. The highest BCUT2D eigenvalue weighted by molar-refractivity contribution is 5.81. The molecule has 0 bridgehead atoms. The number of nitrogens with zero attached hydrogens (tertiary/aromatic N) is 3. The average molecular weight is 399 g/mol. The number of ether oxygens (including phenoxy) is 3. The van der Waals surface area contributed by atoms with Gasteiger partial charge in [-0.2, -0.15) is 0 Å². The first-order chi connectivity index (χ1) is 14.2. The third-order valence-electron chi connectivity index (χ3n) is 4.69. The minimum atomic E-state index is -0.654. The highest BCUT2D eigenvalue weighted by Gasteiger charge is 2.26. The summed E-state index contributed by atoms with van der Waals surface area (Å²) in [6, 6.07) is 9.26. The molecule has 1 aromatic heterocycles. The molecule has 154 valence electrons. The van der Waals surface area contributed by atoms with E-state index in [4.69, 9.17) is 14.2 Å². The number of amides is 1. The predicted molar refractivity (Wildman–Crippen MR) is 108 cm³/mol. The molecule has 0 saturated carbocycles. The van der Waals surface area contributed by atoms with Crippen molar-refractivity contribution in [2.45, 2.75) is 13.0 Å². The van der Waals surface area contributed by atoms with Crippen LogP contribution in [0.5, 0.6) is 11.5 Å². The van der Waals surface area contributed by atoms with Gasteiger partial charge in [-0.1, -0.05) is 12.1 Å². The molecule has 4 rings (SSSR count). The summed E-state index contributed by atoms with van der Waals surface area (Å²) in [5.41, 5.74) is 0. The van der Waals surface area contributed by atoms with Gasteiger partial charge >= 0.3 is 0 Å². The Morgan fingerprint density at radius 1 is 1.17 bits per heavy atom. The van der Waals surface area contributed by atoms with Gasteiger partial charge in [-0.05, 0) is 19.1 Å². The van der Waals surface area contributed by atoms with E-state index in [1.165, 1.54) is 0 Å². The SMILES string of the molecule is Cc1nc(NCCNC(=O)C2COc3ccccc3O2)cc(N2CCOCC2)n1. The van der Waals surface area contributed by atoms with Gasteiger partial charge in [0.25, 0.3) is 5.91 Å². The summed E-state index contributed by atoms with van der Waals surface area (Å²) in [4.78, 5) is 23.5. The van der Waals surface area contributed by atoms with Gasteiger partial charge in [0.1, 0.15) is 24.1 Å². The predicted octanol–water partition coefficient (Wildman–Crippen LogP) is 0.990. The number of rotatable bonds is 6. The third kappa shape index (κ3) is 4.86. The first-order valence-electron chi connectivity index (χ1n) is 9.77. The van der Waals surface area contributed by atoms with Crippen LogP contribution in [0.2, 0.25) is 0 Å². The maximum absolute atomic E-state index is 12.3. The first kappa shape index (κ1) is 19.3. The van der Waals surface area contributed by atoms with E-state index in [9.17, 15) is 4.79 Å². The summed E-state index contributed by atoms with van der Waals surface area (Å²) in [6.07, 6.45) is -0.654. The van der Waals surface area contributed by atoms with E-state index in [0.29, 0.717) is 43.6 Å². The fourth-order valence-electron chi connectivity index (χ4n) is 3.24. The van der Waals surface area contributed by atoms with Gasteiger partial charge in [-0.3, -0.25) is 4.79 Å².